The molecule has 10 nitrogen and oxygen atoms in total. The van der Waals surface area contributed by atoms with Crippen LogP contribution in [0.5, 0.6) is 11.5 Å². The zero-order valence-electron chi connectivity index (χ0n) is 18.2. The van der Waals surface area contributed by atoms with Gasteiger partial charge in [0.2, 0.25) is 0 Å². The Kier molecular flexibility index (Phi) is 11.0. The van der Waals surface area contributed by atoms with Crippen molar-refractivity contribution in [2.75, 3.05) is 0 Å². The average molecular weight is 570 g/mol. The Morgan fingerprint density at radius 3 is 1.91 bits per heavy atom. The Morgan fingerprint density at radius 2 is 1.31 bits per heavy atom. The molecule has 0 aliphatic rings. The molecule has 35 heavy (non-hydrogen) atoms. The third kappa shape index (κ3) is 6.45. The molecule has 0 radical (unpaired) electrons. The second-order valence-corrected chi connectivity index (χ2v) is 9.38. The minimum absolute atomic E-state index is 0. The van der Waals surface area contributed by atoms with E-state index < -0.39 is 41.5 Å². The first-order valence-electron chi connectivity index (χ1n) is 8.81. The maximum atomic E-state index is 11.6. The van der Waals surface area contributed by atoms with Gasteiger partial charge in [0.25, 0.3) is 0 Å². The van der Waals surface area contributed by atoms with Crippen molar-refractivity contribution in [3.8, 4) is 11.5 Å². The quantitative estimate of drug-likeness (QED) is 0.155. The van der Waals surface area contributed by atoms with E-state index in [1.54, 1.807) is 0 Å². The van der Waals surface area contributed by atoms with Crippen molar-refractivity contribution >= 4 is 53.2 Å². The Labute approximate surface area is 255 Å². The summed E-state index contributed by atoms with van der Waals surface area (Å²) in [5, 5.41) is 28.7. The number of azo groups is 1. The molecule has 0 saturated carbocycles. The predicted molar refractivity (Wildman–Crippen MR) is 111 cm³/mol. The summed E-state index contributed by atoms with van der Waals surface area (Å²) in [7, 11) is -9.79. The molecule has 0 aliphatic heterocycles. The van der Waals surface area contributed by atoms with Crippen LogP contribution in [0.3, 0.4) is 0 Å². The maximum absolute atomic E-state index is 11.6. The van der Waals surface area contributed by atoms with Gasteiger partial charge < -0.3 is 19.3 Å². The van der Waals surface area contributed by atoms with E-state index in [0.717, 1.165) is 12.1 Å². The minimum atomic E-state index is -4.90. The number of fused-ring (bicyclic) bond motifs is 2. The van der Waals surface area contributed by atoms with Gasteiger partial charge in [-0.3, -0.25) is 0 Å². The van der Waals surface area contributed by atoms with E-state index in [0.29, 0.717) is 0 Å². The van der Waals surface area contributed by atoms with Crippen LogP contribution in [0.15, 0.2) is 80.7 Å². The van der Waals surface area contributed by atoms with Crippen LogP contribution in [0.2, 0.25) is 0 Å². The Morgan fingerprint density at radius 1 is 0.714 bits per heavy atom. The SMILES string of the molecule is O=S(=O)([O-])c1cc(O)c(N=Nc2ccc3cccc(S(=O)(=O)[O-])c3c2O)c2ccccc12.[Cr].[Na+].[Na+]. The van der Waals surface area contributed by atoms with Gasteiger partial charge in [-0.25, -0.2) is 16.8 Å². The maximum Gasteiger partial charge on any atom is 1.00 e. The molecule has 2 N–H and O–H groups in total. The summed E-state index contributed by atoms with van der Waals surface area (Å²) in [4.78, 5) is -1.27. The number of phenols is 2. The van der Waals surface area contributed by atoms with Gasteiger partial charge in [-0.05, 0) is 17.5 Å². The molecule has 0 bridgehead atoms. The second kappa shape index (κ2) is 12.0. The number of aromatic hydroxyl groups is 2. The van der Waals surface area contributed by atoms with Crippen LogP contribution < -0.4 is 59.1 Å². The molecule has 0 aromatic heterocycles. The number of nitrogens with zero attached hydrogens (tertiary/aromatic N) is 2. The summed E-state index contributed by atoms with van der Waals surface area (Å²) in [5.41, 5.74) is -0.394. The van der Waals surface area contributed by atoms with Crippen LogP contribution in [0.25, 0.3) is 21.5 Å². The van der Waals surface area contributed by atoms with E-state index in [1.807, 2.05) is 0 Å². The van der Waals surface area contributed by atoms with Crippen LogP contribution in [0, 0.1) is 0 Å². The van der Waals surface area contributed by atoms with Crippen molar-refractivity contribution in [1.29, 1.82) is 0 Å². The molecule has 0 amide bonds. The molecule has 0 aliphatic carbocycles. The molecule has 4 aromatic rings. The van der Waals surface area contributed by atoms with E-state index in [9.17, 15) is 36.2 Å². The normalized spacial score (nSPS) is 11.6. The number of hydrogen-bond acceptors (Lipinski definition) is 10. The van der Waals surface area contributed by atoms with E-state index in [2.05, 4.69) is 10.2 Å². The monoisotopic (exact) mass is 570 g/mol. The van der Waals surface area contributed by atoms with E-state index in [-0.39, 0.29) is 109 Å². The Balaban J connectivity index is 0.00000204. The summed E-state index contributed by atoms with van der Waals surface area (Å²) in [6, 6.07) is 13.2. The Bertz CT molecular complexity index is 1660. The number of rotatable bonds is 4. The van der Waals surface area contributed by atoms with Gasteiger partial charge >= 0.3 is 59.1 Å². The molecule has 4 aromatic carbocycles. The van der Waals surface area contributed by atoms with Crippen molar-refractivity contribution in [2.24, 2.45) is 10.2 Å². The Hall–Kier alpha value is -1.05. The first-order chi connectivity index (χ1) is 15.0. The van der Waals surface area contributed by atoms with Crippen molar-refractivity contribution in [1.82, 2.24) is 0 Å². The molecule has 0 spiro atoms. The van der Waals surface area contributed by atoms with Crippen LogP contribution >= 0.6 is 0 Å². The standard InChI is InChI=1S/C20H14N2O8S2.Cr.2Na/c23-15-10-17(32(28,29)30)12-5-1-2-6-13(12)19(15)22-21-14-9-8-11-4-3-7-16(31(25,26)27)18(11)20(14)24;;;/h1-10,23-24H,(H,25,26,27)(H,28,29,30);;;/q;;2*+1/p-2. The van der Waals surface area contributed by atoms with Gasteiger partial charge in [0.05, 0.1) is 9.79 Å². The molecule has 15 heteroatoms. The number of benzene rings is 4. The largest absolute Gasteiger partial charge is 1.00 e. The summed E-state index contributed by atoms with van der Waals surface area (Å²) >= 11 is 0. The smallest absolute Gasteiger partial charge is 0.744 e. The van der Waals surface area contributed by atoms with Gasteiger partial charge in [-0.1, -0.05) is 42.5 Å². The van der Waals surface area contributed by atoms with Gasteiger partial charge in [-0.15, -0.1) is 10.2 Å². The van der Waals surface area contributed by atoms with Crippen LogP contribution in [0.4, 0.5) is 11.4 Å². The minimum Gasteiger partial charge on any atom is -0.744 e. The fourth-order valence-corrected chi connectivity index (χ4v) is 4.75. The molecule has 0 unspecified atom stereocenters. The van der Waals surface area contributed by atoms with Crippen molar-refractivity contribution < 1.29 is 113 Å². The zero-order chi connectivity index (χ0) is 23.3. The first kappa shape index (κ1) is 32.0. The topological polar surface area (TPSA) is 180 Å². The molecule has 0 atom stereocenters. The van der Waals surface area contributed by atoms with Crippen molar-refractivity contribution in [3.63, 3.8) is 0 Å². The molecule has 0 saturated heterocycles. The molecule has 0 fully saturated rings. The van der Waals surface area contributed by atoms with Gasteiger partial charge in [0, 0.05) is 39.6 Å². The summed E-state index contributed by atoms with van der Waals surface area (Å²) in [5.74, 6) is -1.27. The molecule has 4 rings (SSSR count). The summed E-state index contributed by atoms with van der Waals surface area (Å²) < 4.78 is 69.3. The van der Waals surface area contributed by atoms with E-state index in [1.165, 1.54) is 48.5 Å². The number of hydrogen-bond donors (Lipinski definition) is 2. The molecule has 170 valence electrons. The van der Waals surface area contributed by atoms with Gasteiger partial charge in [0.1, 0.15) is 37.4 Å². The van der Waals surface area contributed by atoms with Crippen LogP contribution in [0.1, 0.15) is 0 Å². The van der Waals surface area contributed by atoms with Crippen LogP contribution in [-0.4, -0.2) is 36.2 Å². The molecular formula is C20H12CrN2Na2O8S2. The van der Waals surface area contributed by atoms with Crippen molar-refractivity contribution in [2.45, 2.75) is 9.79 Å². The number of phenolic OH excluding ortho intramolecular Hbond substituents is 2. The van der Waals surface area contributed by atoms with E-state index >= 15 is 0 Å². The second-order valence-electron chi connectivity index (χ2n) is 6.68. The predicted octanol–water partition coefficient (Wildman–Crippen LogP) is -2.37. The molecular weight excluding hydrogens is 558 g/mol. The fourth-order valence-electron chi connectivity index (χ4n) is 3.33. The molecule has 0 heterocycles. The fraction of sp³-hybridized carbons (Fsp3) is 0. The third-order valence-electron chi connectivity index (χ3n) is 4.71. The third-order valence-corrected chi connectivity index (χ3v) is 6.47. The van der Waals surface area contributed by atoms with E-state index in [4.69, 9.17) is 0 Å². The summed E-state index contributed by atoms with van der Waals surface area (Å²) in [6.45, 7) is 0. The van der Waals surface area contributed by atoms with Gasteiger partial charge in [-0.2, -0.15) is 0 Å². The van der Waals surface area contributed by atoms with Crippen LogP contribution in [-0.2, 0) is 37.6 Å². The average Bonchev–Trinajstić information content (AvgIpc) is 2.72. The first-order valence-corrected chi connectivity index (χ1v) is 11.6. The van der Waals surface area contributed by atoms with Gasteiger partial charge in [0.15, 0.2) is 5.75 Å². The zero-order valence-corrected chi connectivity index (χ0v) is 25.1. The van der Waals surface area contributed by atoms with Crippen molar-refractivity contribution in [3.05, 3.63) is 60.7 Å². The summed E-state index contributed by atoms with van der Waals surface area (Å²) in [6.07, 6.45) is 0.